The minimum atomic E-state index is -0.280. The lowest BCUT2D eigenvalue weighted by atomic mass is 10.2. The highest BCUT2D eigenvalue weighted by atomic mass is 19.1. The molecule has 1 aromatic carbocycles. The Bertz CT molecular complexity index is 425. The molecule has 4 nitrogen and oxygen atoms in total. The van der Waals surface area contributed by atoms with Crippen molar-refractivity contribution in [3.05, 3.63) is 30.1 Å². The molecule has 0 atom stereocenters. The molecule has 0 bridgehead atoms. The van der Waals surface area contributed by atoms with Crippen molar-refractivity contribution < 1.29 is 4.39 Å². The SMILES string of the molecule is Fc1cccc(NN=CC=NN2CCCCC2)c1. The van der Waals surface area contributed by atoms with Crippen LogP contribution in [-0.2, 0) is 0 Å². The molecule has 18 heavy (non-hydrogen) atoms. The Labute approximate surface area is 106 Å². The molecule has 0 aromatic heterocycles. The molecular formula is C13H17FN4. The van der Waals surface area contributed by atoms with E-state index >= 15 is 0 Å². The predicted molar refractivity (Wildman–Crippen MR) is 72.4 cm³/mol. The molecule has 5 heteroatoms. The van der Waals surface area contributed by atoms with Gasteiger partial charge >= 0.3 is 0 Å². The Hall–Kier alpha value is -1.91. The first-order chi connectivity index (χ1) is 8.84. The Morgan fingerprint density at radius 1 is 1.17 bits per heavy atom. The molecule has 1 aliphatic heterocycles. The monoisotopic (exact) mass is 248 g/mol. The van der Waals surface area contributed by atoms with Crippen molar-refractivity contribution in [3.8, 4) is 0 Å². The summed E-state index contributed by atoms with van der Waals surface area (Å²) >= 11 is 0. The van der Waals surface area contributed by atoms with E-state index in [4.69, 9.17) is 0 Å². The summed E-state index contributed by atoms with van der Waals surface area (Å²) in [5, 5.41) is 10.3. The van der Waals surface area contributed by atoms with Crippen molar-refractivity contribution in [3.63, 3.8) is 0 Å². The zero-order valence-electron chi connectivity index (χ0n) is 10.2. The van der Waals surface area contributed by atoms with Gasteiger partial charge in [0.25, 0.3) is 0 Å². The minimum Gasteiger partial charge on any atom is -0.297 e. The van der Waals surface area contributed by atoms with Crippen molar-refractivity contribution in [2.24, 2.45) is 10.2 Å². The van der Waals surface area contributed by atoms with Crippen LogP contribution >= 0.6 is 0 Å². The van der Waals surface area contributed by atoms with Crippen molar-refractivity contribution >= 4 is 18.1 Å². The van der Waals surface area contributed by atoms with Gasteiger partial charge in [-0.05, 0) is 37.5 Å². The van der Waals surface area contributed by atoms with E-state index in [9.17, 15) is 4.39 Å². The van der Waals surface area contributed by atoms with Crippen LogP contribution in [0.2, 0.25) is 0 Å². The fourth-order valence-electron chi connectivity index (χ4n) is 1.82. The third-order valence-electron chi connectivity index (χ3n) is 2.72. The van der Waals surface area contributed by atoms with E-state index < -0.39 is 0 Å². The second kappa shape index (κ2) is 6.74. The maximum atomic E-state index is 12.9. The van der Waals surface area contributed by atoms with Crippen LogP contribution in [0, 0.1) is 5.82 Å². The van der Waals surface area contributed by atoms with E-state index in [2.05, 4.69) is 15.6 Å². The van der Waals surface area contributed by atoms with Gasteiger partial charge in [0.15, 0.2) is 0 Å². The van der Waals surface area contributed by atoms with Crippen LogP contribution in [0.3, 0.4) is 0 Å². The molecule has 1 aliphatic rings. The van der Waals surface area contributed by atoms with E-state index in [1.165, 1.54) is 31.4 Å². The van der Waals surface area contributed by atoms with E-state index in [0.29, 0.717) is 5.69 Å². The number of hydrogen-bond acceptors (Lipinski definition) is 4. The average Bonchev–Trinajstić information content (AvgIpc) is 2.40. The van der Waals surface area contributed by atoms with Crippen LogP contribution in [0.15, 0.2) is 34.5 Å². The van der Waals surface area contributed by atoms with Crippen molar-refractivity contribution in [2.75, 3.05) is 18.5 Å². The third kappa shape index (κ3) is 4.16. The lowest BCUT2D eigenvalue weighted by molar-refractivity contribution is 0.241. The molecule has 0 amide bonds. The molecule has 0 aliphatic carbocycles. The second-order valence-corrected chi connectivity index (χ2v) is 4.18. The first-order valence-corrected chi connectivity index (χ1v) is 6.17. The molecule has 2 rings (SSSR count). The summed E-state index contributed by atoms with van der Waals surface area (Å²) in [6.45, 7) is 2.03. The van der Waals surface area contributed by atoms with Crippen LogP contribution in [0.25, 0.3) is 0 Å². The molecule has 1 fully saturated rings. The summed E-state index contributed by atoms with van der Waals surface area (Å²) in [5.41, 5.74) is 3.37. The Morgan fingerprint density at radius 2 is 2.00 bits per heavy atom. The molecule has 96 valence electrons. The molecule has 0 spiro atoms. The number of nitrogens with zero attached hydrogens (tertiary/aromatic N) is 3. The summed E-state index contributed by atoms with van der Waals surface area (Å²) in [7, 11) is 0. The summed E-state index contributed by atoms with van der Waals surface area (Å²) in [4.78, 5) is 0. The molecule has 0 radical (unpaired) electrons. The Kier molecular flexibility index (Phi) is 4.69. The fraction of sp³-hybridized carbons (Fsp3) is 0.385. The first kappa shape index (κ1) is 12.5. The smallest absolute Gasteiger partial charge is 0.125 e. The molecule has 1 N–H and O–H groups in total. The van der Waals surface area contributed by atoms with Gasteiger partial charge in [-0.1, -0.05) is 6.07 Å². The predicted octanol–water partition coefficient (Wildman–Crippen LogP) is 2.70. The normalized spacial score (nSPS) is 16.6. The maximum absolute atomic E-state index is 12.9. The number of benzene rings is 1. The highest BCUT2D eigenvalue weighted by Gasteiger charge is 2.05. The van der Waals surface area contributed by atoms with Gasteiger partial charge in [0.1, 0.15) is 5.82 Å². The number of rotatable bonds is 4. The molecular weight excluding hydrogens is 231 g/mol. The molecule has 1 heterocycles. The van der Waals surface area contributed by atoms with Crippen LogP contribution < -0.4 is 5.43 Å². The zero-order valence-corrected chi connectivity index (χ0v) is 10.2. The minimum absolute atomic E-state index is 0.280. The van der Waals surface area contributed by atoms with Gasteiger partial charge in [0.05, 0.1) is 18.1 Å². The van der Waals surface area contributed by atoms with E-state index in [0.717, 1.165) is 13.1 Å². The number of nitrogens with one attached hydrogen (secondary N) is 1. The lowest BCUT2D eigenvalue weighted by Gasteiger charge is -2.22. The van der Waals surface area contributed by atoms with Gasteiger partial charge in [-0.2, -0.15) is 10.2 Å². The molecule has 1 aromatic rings. The highest BCUT2D eigenvalue weighted by Crippen LogP contribution is 2.09. The standard InChI is InChI=1S/C13H17FN4/c14-12-5-4-6-13(11-12)17-15-7-8-16-18-9-2-1-3-10-18/h4-8,11,17H,1-3,9-10H2. The summed E-state index contributed by atoms with van der Waals surface area (Å²) in [6.07, 6.45) is 6.92. The zero-order chi connectivity index (χ0) is 12.6. The number of piperidine rings is 1. The number of anilines is 1. The van der Waals surface area contributed by atoms with E-state index in [1.807, 2.05) is 5.01 Å². The summed E-state index contributed by atoms with van der Waals surface area (Å²) < 4.78 is 12.9. The maximum Gasteiger partial charge on any atom is 0.125 e. The van der Waals surface area contributed by atoms with Gasteiger partial charge < -0.3 is 0 Å². The molecule has 0 saturated carbocycles. The number of hydrogen-bond donors (Lipinski definition) is 1. The quantitative estimate of drug-likeness (QED) is 0.657. The number of halogens is 1. The molecule has 0 unspecified atom stereocenters. The van der Waals surface area contributed by atoms with Crippen LogP contribution in [-0.4, -0.2) is 30.5 Å². The van der Waals surface area contributed by atoms with Crippen molar-refractivity contribution in [2.45, 2.75) is 19.3 Å². The van der Waals surface area contributed by atoms with Gasteiger partial charge in [0, 0.05) is 13.1 Å². The first-order valence-electron chi connectivity index (χ1n) is 6.17. The second-order valence-electron chi connectivity index (χ2n) is 4.18. The largest absolute Gasteiger partial charge is 0.297 e. The summed E-state index contributed by atoms with van der Waals surface area (Å²) in [6, 6.07) is 6.17. The van der Waals surface area contributed by atoms with Crippen molar-refractivity contribution in [1.29, 1.82) is 0 Å². The van der Waals surface area contributed by atoms with Crippen LogP contribution in [0.5, 0.6) is 0 Å². The highest BCUT2D eigenvalue weighted by molar-refractivity contribution is 6.16. The topological polar surface area (TPSA) is 40.0 Å². The van der Waals surface area contributed by atoms with Gasteiger partial charge in [-0.15, -0.1) is 0 Å². The number of hydrazone groups is 2. The van der Waals surface area contributed by atoms with Gasteiger partial charge in [-0.3, -0.25) is 10.4 Å². The van der Waals surface area contributed by atoms with Crippen LogP contribution in [0.1, 0.15) is 19.3 Å². The summed E-state index contributed by atoms with van der Waals surface area (Å²) in [5.74, 6) is -0.280. The Morgan fingerprint density at radius 3 is 2.78 bits per heavy atom. The van der Waals surface area contributed by atoms with Crippen molar-refractivity contribution in [1.82, 2.24) is 5.01 Å². The Balaban J connectivity index is 1.75. The molecule has 1 saturated heterocycles. The lowest BCUT2D eigenvalue weighted by Crippen LogP contribution is -2.24. The third-order valence-corrected chi connectivity index (χ3v) is 2.72. The van der Waals surface area contributed by atoms with E-state index in [1.54, 1.807) is 24.6 Å². The van der Waals surface area contributed by atoms with Gasteiger partial charge in [-0.25, -0.2) is 4.39 Å². The van der Waals surface area contributed by atoms with Crippen LogP contribution in [0.4, 0.5) is 10.1 Å². The fourth-order valence-corrected chi connectivity index (χ4v) is 1.82. The van der Waals surface area contributed by atoms with E-state index in [-0.39, 0.29) is 5.82 Å². The van der Waals surface area contributed by atoms with Gasteiger partial charge in [0.2, 0.25) is 0 Å². The average molecular weight is 248 g/mol.